The van der Waals surface area contributed by atoms with Crippen molar-refractivity contribution in [1.29, 1.82) is 0 Å². The van der Waals surface area contributed by atoms with E-state index in [-0.39, 0.29) is 12.6 Å². The minimum absolute atomic E-state index is 0.0714. The second-order valence-electron chi connectivity index (χ2n) is 5.01. The van der Waals surface area contributed by atoms with E-state index in [2.05, 4.69) is 6.58 Å². The lowest BCUT2D eigenvalue weighted by Crippen LogP contribution is -2.27. The largest absolute Gasteiger partial charge is 0.482 e. The molecule has 0 amide bonds. The summed E-state index contributed by atoms with van der Waals surface area (Å²) in [5.41, 5.74) is 0.684. The Balaban J connectivity index is 2.43. The van der Waals surface area contributed by atoms with Gasteiger partial charge in [0.25, 0.3) is 0 Å². The minimum Gasteiger partial charge on any atom is -0.482 e. The zero-order chi connectivity index (χ0) is 13.6. The quantitative estimate of drug-likeness (QED) is 0.593. The van der Waals surface area contributed by atoms with E-state index in [0.29, 0.717) is 5.75 Å². The van der Waals surface area contributed by atoms with Crippen molar-refractivity contribution in [3.8, 4) is 5.75 Å². The molecule has 3 nitrogen and oxygen atoms in total. The summed E-state index contributed by atoms with van der Waals surface area (Å²) in [5, 5.41) is 0. The van der Waals surface area contributed by atoms with Crippen LogP contribution in [0.2, 0.25) is 0 Å². The molecular formula is C15H20O3. The third kappa shape index (κ3) is 5.53. The Kier molecular flexibility index (Phi) is 4.95. The molecule has 0 aromatic heterocycles. The van der Waals surface area contributed by atoms with Crippen LogP contribution in [-0.4, -0.2) is 18.2 Å². The van der Waals surface area contributed by atoms with Crippen LogP contribution >= 0.6 is 0 Å². The molecule has 0 aliphatic heterocycles. The summed E-state index contributed by atoms with van der Waals surface area (Å²) in [5.74, 6) is 0.298. The van der Waals surface area contributed by atoms with E-state index in [1.54, 1.807) is 0 Å². The van der Waals surface area contributed by atoms with Crippen LogP contribution in [0.3, 0.4) is 0 Å². The maximum Gasteiger partial charge on any atom is 0.344 e. The number of hydrogen-bond acceptors (Lipinski definition) is 3. The number of benzene rings is 1. The number of hydrogen-bond donors (Lipinski definition) is 0. The highest BCUT2D eigenvalue weighted by Crippen LogP contribution is 2.13. The van der Waals surface area contributed by atoms with E-state index in [4.69, 9.17) is 9.47 Å². The van der Waals surface area contributed by atoms with Crippen LogP contribution in [0.5, 0.6) is 5.75 Å². The number of rotatable bonds is 5. The molecule has 1 aromatic rings. The van der Waals surface area contributed by atoms with Crippen LogP contribution < -0.4 is 4.74 Å². The topological polar surface area (TPSA) is 35.5 Å². The first kappa shape index (κ1) is 14.3. The predicted molar refractivity (Wildman–Crippen MR) is 71.7 cm³/mol. The molecule has 0 spiro atoms. The van der Waals surface area contributed by atoms with Crippen molar-refractivity contribution < 1.29 is 14.3 Å². The van der Waals surface area contributed by atoms with Crippen molar-refractivity contribution in [3.63, 3.8) is 0 Å². The van der Waals surface area contributed by atoms with Gasteiger partial charge in [-0.3, -0.25) is 0 Å². The summed E-state index contributed by atoms with van der Waals surface area (Å²) in [4.78, 5) is 11.4. The Morgan fingerprint density at radius 3 is 2.39 bits per heavy atom. The van der Waals surface area contributed by atoms with Gasteiger partial charge < -0.3 is 9.47 Å². The molecule has 0 unspecified atom stereocenters. The molecule has 0 aliphatic carbocycles. The van der Waals surface area contributed by atoms with Crippen molar-refractivity contribution in [2.24, 2.45) is 0 Å². The minimum atomic E-state index is -0.478. The van der Waals surface area contributed by atoms with Gasteiger partial charge in [0.1, 0.15) is 11.4 Å². The van der Waals surface area contributed by atoms with Crippen molar-refractivity contribution >= 4 is 5.97 Å². The normalized spacial score (nSPS) is 10.8. The van der Waals surface area contributed by atoms with E-state index in [1.165, 1.54) is 0 Å². The zero-order valence-electron chi connectivity index (χ0n) is 11.2. The van der Waals surface area contributed by atoms with Crippen molar-refractivity contribution in [3.05, 3.63) is 42.5 Å². The molecule has 0 heterocycles. The Hall–Kier alpha value is -1.77. The third-order valence-corrected chi connectivity index (χ3v) is 2.08. The van der Waals surface area contributed by atoms with Crippen LogP contribution in [0.15, 0.2) is 36.9 Å². The molecule has 0 radical (unpaired) electrons. The highest BCUT2D eigenvalue weighted by atomic mass is 16.6. The summed E-state index contributed by atoms with van der Waals surface area (Å²) >= 11 is 0. The molecule has 0 fully saturated rings. The summed E-state index contributed by atoms with van der Waals surface area (Å²) in [6.07, 6.45) is 2.67. The number of esters is 1. The summed E-state index contributed by atoms with van der Waals surface area (Å²) in [6, 6.07) is 7.57. The number of ether oxygens (including phenoxy) is 2. The molecule has 0 bridgehead atoms. The zero-order valence-corrected chi connectivity index (χ0v) is 11.2. The lowest BCUT2D eigenvalue weighted by molar-refractivity contribution is -0.157. The van der Waals surface area contributed by atoms with E-state index in [0.717, 1.165) is 12.0 Å². The Morgan fingerprint density at radius 2 is 1.89 bits per heavy atom. The van der Waals surface area contributed by atoms with Crippen molar-refractivity contribution in [2.75, 3.05) is 6.61 Å². The summed E-state index contributed by atoms with van der Waals surface area (Å²) in [7, 11) is 0. The molecule has 0 saturated heterocycles. The summed E-state index contributed by atoms with van der Waals surface area (Å²) < 4.78 is 10.5. The van der Waals surface area contributed by atoms with Crippen LogP contribution in [-0.2, 0) is 16.0 Å². The van der Waals surface area contributed by atoms with Gasteiger partial charge in [-0.15, -0.1) is 6.58 Å². The second-order valence-corrected chi connectivity index (χ2v) is 5.01. The number of carbonyl (C=O) groups is 1. The van der Waals surface area contributed by atoms with Gasteiger partial charge in [0.15, 0.2) is 6.61 Å². The average Bonchev–Trinajstić information content (AvgIpc) is 2.26. The van der Waals surface area contributed by atoms with Crippen LogP contribution in [0.1, 0.15) is 26.3 Å². The number of carbonyl (C=O) groups excluding carboxylic acids is 1. The lowest BCUT2D eigenvalue weighted by Gasteiger charge is -2.19. The van der Waals surface area contributed by atoms with Crippen molar-refractivity contribution in [1.82, 2.24) is 0 Å². The van der Waals surface area contributed by atoms with E-state index >= 15 is 0 Å². The Labute approximate surface area is 108 Å². The first-order valence-electron chi connectivity index (χ1n) is 5.95. The van der Waals surface area contributed by atoms with E-state index < -0.39 is 5.60 Å². The molecule has 1 aromatic carbocycles. The van der Waals surface area contributed by atoms with Gasteiger partial charge in [-0.05, 0) is 44.9 Å². The number of allylic oxidation sites excluding steroid dienone is 1. The Bertz CT molecular complexity index is 399. The van der Waals surface area contributed by atoms with Crippen LogP contribution in [0.4, 0.5) is 0 Å². The monoisotopic (exact) mass is 248 g/mol. The highest BCUT2D eigenvalue weighted by Gasteiger charge is 2.16. The van der Waals surface area contributed by atoms with Gasteiger partial charge in [-0.25, -0.2) is 4.79 Å². The Morgan fingerprint density at radius 1 is 1.28 bits per heavy atom. The summed E-state index contributed by atoms with van der Waals surface area (Å²) in [6.45, 7) is 9.09. The highest BCUT2D eigenvalue weighted by molar-refractivity contribution is 5.71. The second kappa shape index (κ2) is 6.24. The smallest absolute Gasteiger partial charge is 0.344 e. The molecule has 3 heteroatoms. The molecular weight excluding hydrogens is 228 g/mol. The molecule has 0 N–H and O–H groups in total. The van der Waals surface area contributed by atoms with Crippen LogP contribution in [0, 0.1) is 0 Å². The average molecular weight is 248 g/mol. The maximum atomic E-state index is 11.4. The van der Waals surface area contributed by atoms with Gasteiger partial charge in [0, 0.05) is 0 Å². The molecule has 0 atom stereocenters. The molecule has 18 heavy (non-hydrogen) atoms. The standard InChI is InChI=1S/C15H20O3/c1-5-6-12-7-9-13(10-8-12)17-11-14(16)18-15(2,3)4/h5,7-10H,1,6,11H2,2-4H3. The first-order valence-corrected chi connectivity index (χ1v) is 5.95. The van der Waals surface area contributed by atoms with Gasteiger partial charge in [-0.2, -0.15) is 0 Å². The lowest BCUT2D eigenvalue weighted by atomic mass is 10.1. The fourth-order valence-corrected chi connectivity index (χ4v) is 1.40. The molecule has 0 aliphatic rings. The molecule has 0 saturated carbocycles. The fourth-order valence-electron chi connectivity index (χ4n) is 1.40. The van der Waals surface area contributed by atoms with E-state index in [9.17, 15) is 4.79 Å². The maximum absolute atomic E-state index is 11.4. The molecule has 98 valence electrons. The first-order chi connectivity index (χ1) is 8.40. The van der Waals surface area contributed by atoms with Crippen molar-refractivity contribution in [2.45, 2.75) is 32.8 Å². The van der Waals surface area contributed by atoms with Crippen LogP contribution in [0.25, 0.3) is 0 Å². The van der Waals surface area contributed by atoms with Gasteiger partial charge >= 0.3 is 5.97 Å². The predicted octanol–water partition coefficient (Wildman–Crippen LogP) is 3.14. The SMILES string of the molecule is C=CCc1ccc(OCC(=O)OC(C)(C)C)cc1. The van der Waals surface area contributed by atoms with Gasteiger partial charge in [0.05, 0.1) is 0 Å². The third-order valence-electron chi connectivity index (χ3n) is 2.08. The fraction of sp³-hybridized carbons (Fsp3) is 0.400. The van der Waals surface area contributed by atoms with Gasteiger partial charge in [-0.1, -0.05) is 18.2 Å². The van der Waals surface area contributed by atoms with Gasteiger partial charge in [0.2, 0.25) is 0 Å². The molecule has 1 rings (SSSR count). The van der Waals surface area contributed by atoms with E-state index in [1.807, 2.05) is 51.1 Å².